The van der Waals surface area contributed by atoms with Gasteiger partial charge in [0.1, 0.15) is 5.69 Å². The SMILES string of the molecule is O=C(NC1CCN(C(=O)c2cn(-c3ccccc3)nc2-c2cccs2)CC1)c1ccccc1. The van der Waals surface area contributed by atoms with Gasteiger partial charge in [-0.3, -0.25) is 9.59 Å². The van der Waals surface area contributed by atoms with Gasteiger partial charge in [-0.15, -0.1) is 11.3 Å². The number of hydrogen-bond acceptors (Lipinski definition) is 4. The van der Waals surface area contributed by atoms with E-state index in [1.807, 2.05) is 89.3 Å². The summed E-state index contributed by atoms with van der Waals surface area (Å²) in [6.07, 6.45) is 3.28. The van der Waals surface area contributed by atoms with Crippen molar-refractivity contribution in [1.29, 1.82) is 0 Å². The summed E-state index contributed by atoms with van der Waals surface area (Å²) in [6, 6.07) is 23.1. The monoisotopic (exact) mass is 456 g/mol. The molecule has 0 bridgehead atoms. The molecular weight excluding hydrogens is 432 g/mol. The van der Waals surface area contributed by atoms with Crippen LogP contribution in [0.1, 0.15) is 33.6 Å². The number of aromatic nitrogens is 2. The molecule has 166 valence electrons. The molecule has 33 heavy (non-hydrogen) atoms. The van der Waals surface area contributed by atoms with Crippen LogP contribution in [0.3, 0.4) is 0 Å². The highest BCUT2D eigenvalue weighted by Crippen LogP contribution is 2.29. The number of rotatable bonds is 5. The Balaban J connectivity index is 1.31. The summed E-state index contributed by atoms with van der Waals surface area (Å²) in [5.74, 6) is -0.0853. The molecule has 1 aliphatic heterocycles. The first kappa shape index (κ1) is 21.2. The number of likely N-dealkylation sites (tertiary alicyclic amines) is 1. The standard InChI is InChI=1S/C26H24N4O2S/c31-25(19-8-3-1-4-9-19)27-20-13-15-29(16-14-20)26(32)22-18-30(21-10-5-2-6-11-21)28-24(22)23-12-7-17-33-23/h1-12,17-18,20H,13-16H2,(H,27,31). The third-order valence-electron chi connectivity index (χ3n) is 5.87. The van der Waals surface area contributed by atoms with Crippen LogP contribution in [0.2, 0.25) is 0 Å². The van der Waals surface area contributed by atoms with Crippen LogP contribution in [0.5, 0.6) is 0 Å². The van der Waals surface area contributed by atoms with Gasteiger partial charge in [0.25, 0.3) is 11.8 Å². The largest absolute Gasteiger partial charge is 0.349 e. The van der Waals surface area contributed by atoms with E-state index < -0.39 is 0 Å². The van der Waals surface area contributed by atoms with E-state index in [-0.39, 0.29) is 17.9 Å². The van der Waals surface area contributed by atoms with Gasteiger partial charge >= 0.3 is 0 Å². The van der Waals surface area contributed by atoms with E-state index in [0.717, 1.165) is 23.4 Å². The minimum absolute atomic E-state index is 0.0200. The van der Waals surface area contributed by atoms with Crippen molar-refractivity contribution in [3.8, 4) is 16.3 Å². The fraction of sp³-hybridized carbons (Fsp3) is 0.192. The summed E-state index contributed by atoms with van der Waals surface area (Å²) in [6.45, 7) is 1.19. The predicted molar refractivity (Wildman–Crippen MR) is 130 cm³/mol. The van der Waals surface area contributed by atoms with Gasteiger partial charge in [-0.1, -0.05) is 42.5 Å². The van der Waals surface area contributed by atoms with Crippen molar-refractivity contribution in [2.75, 3.05) is 13.1 Å². The van der Waals surface area contributed by atoms with Crippen molar-refractivity contribution >= 4 is 23.2 Å². The average molecular weight is 457 g/mol. The number of nitrogens with one attached hydrogen (secondary N) is 1. The van der Waals surface area contributed by atoms with E-state index in [1.165, 1.54) is 0 Å². The van der Waals surface area contributed by atoms with Gasteiger partial charge in [0.2, 0.25) is 0 Å². The van der Waals surface area contributed by atoms with Crippen LogP contribution in [0, 0.1) is 0 Å². The molecule has 6 nitrogen and oxygen atoms in total. The van der Waals surface area contributed by atoms with Crippen molar-refractivity contribution in [2.24, 2.45) is 0 Å². The molecule has 1 aliphatic rings. The normalized spacial score (nSPS) is 14.2. The van der Waals surface area contributed by atoms with Crippen LogP contribution in [0.4, 0.5) is 0 Å². The van der Waals surface area contributed by atoms with Gasteiger partial charge in [0.05, 0.1) is 16.1 Å². The lowest BCUT2D eigenvalue weighted by Gasteiger charge is -2.32. The van der Waals surface area contributed by atoms with E-state index in [2.05, 4.69) is 5.32 Å². The number of nitrogens with zero attached hydrogens (tertiary/aromatic N) is 3. The zero-order chi connectivity index (χ0) is 22.6. The number of benzene rings is 2. The molecule has 0 radical (unpaired) electrons. The second kappa shape index (κ2) is 9.42. The molecule has 0 saturated carbocycles. The molecule has 1 N–H and O–H groups in total. The van der Waals surface area contributed by atoms with Gasteiger partial charge in [-0.05, 0) is 48.6 Å². The molecule has 3 heterocycles. The van der Waals surface area contributed by atoms with E-state index in [9.17, 15) is 9.59 Å². The van der Waals surface area contributed by atoms with Crippen LogP contribution < -0.4 is 5.32 Å². The van der Waals surface area contributed by atoms with Gasteiger partial charge in [-0.2, -0.15) is 5.10 Å². The second-order valence-corrected chi connectivity index (χ2v) is 9.00. The molecule has 4 aromatic rings. The molecule has 0 atom stereocenters. The fourth-order valence-electron chi connectivity index (χ4n) is 4.09. The number of hydrogen-bond donors (Lipinski definition) is 1. The lowest BCUT2D eigenvalue weighted by Crippen LogP contribution is -2.46. The Labute approximate surface area is 196 Å². The third-order valence-corrected chi connectivity index (χ3v) is 6.75. The van der Waals surface area contributed by atoms with E-state index in [4.69, 9.17) is 5.10 Å². The van der Waals surface area contributed by atoms with Gasteiger partial charge < -0.3 is 10.2 Å². The van der Waals surface area contributed by atoms with Gasteiger partial charge in [0.15, 0.2) is 0 Å². The van der Waals surface area contributed by atoms with Crippen LogP contribution >= 0.6 is 11.3 Å². The van der Waals surface area contributed by atoms with Crippen LogP contribution in [-0.4, -0.2) is 45.6 Å². The van der Waals surface area contributed by atoms with E-state index in [1.54, 1.807) is 16.0 Å². The van der Waals surface area contributed by atoms with Crippen molar-refractivity contribution in [1.82, 2.24) is 20.0 Å². The summed E-state index contributed by atoms with van der Waals surface area (Å²) < 4.78 is 1.77. The Bertz CT molecular complexity index is 1230. The van der Waals surface area contributed by atoms with E-state index in [0.29, 0.717) is 29.9 Å². The molecule has 7 heteroatoms. The highest BCUT2D eigenvalue weighted by molar-refractivity contribution is 7.13. The molecule has 2 aromatic carbocycles. The van der Waals surface area contributed by atoms with Crippen LogP contribution in [0.25, 0.3) is 16.3 Å². The quantitative estimate of drug-likeness (QED) is 0.476. The topological polar surface area (TPSA) is 67.2 Å². The first-order valence-corrected chi connectivity index (χ1v) is 11.9. The zero-order valence-corrected chi connectivity index (χ0v) is 18.9. The number of amides is 2. The van der Waals surface area contributed by atoms with Crippen molar-refractivity contribution in [2.45, 2.75) is 18.9 Å². The number of piperidine rings is 1. The number of thiophene rings is 1. The third kappa shape index (κ3) is 4.59. The highest BCUT2D eigenvalue weighted by atomic mass is 32.1. The maximum Gasteiger partial charge on any atom is 0.257 e. The summed E-state index contributed by atoms with van der Waals surface area (Å²) in [4.78, 5) is 28.8. The summed E-state index contributed by atoms with van der Waals surface area (Å²) in [5.41, 5.74) is 2.88. The van der Waals surface area contributed by atoms with E-state index >= 15 is 0 Å². The Morgan fingerprint density at radius 1 is 0.909 bits per heavy atom. The van der Waals surface area contributed by atoms with Crippen LogP contribution in [-0.2, 0) is 0 Å². The zero-order valence-electron chi connectivity index (χ0n) is 18.1. The number of carbonyl (C=O) groups excluding carboxylic acids is 2. The van der Waals surface area contributed by atoms with Gasteiger partial charge in [-0.25, -0.2) is 4.68 Å². The van der Waals surface area contributed by atoms with Crippen molar-refractivity contribution < 1.29 is 9.59 Å². The molecule has 0 aliphatic carbocycles. The van der Waals surface area contributed by atoms with Crippen molar-refractivity contribution in [3.05, 3.63) is 95.5 Å². The summed E-state index contributed by atoms with van der Waals surface area (Å²) in [5, 5.41) is 9.84. The molecule has 0 spiro atoms. The lowest BCUT2D eigenvalue weighted by atomic mass is 10.0. The number of para-hydroxylation sites is 1. The molecular formula is C26H24N4O2S. The molecule has 2 amide bonds. The Hall–Kier alpha value is -3.71. The maximum atomic E-state index is 13.5. The maximum absolute atomic E-state index is 13.5. The second-order valence-electron chi connectivity index (χ2n) is 8.05. The smallest absolute Gasteiger partial charge is 0.257 e. The van der Waals surface area contributed by atoms with Crippen molar-refractivity contribution in [3.63, 3.8) is 0 Å². The Morgan fingerprint density at radius 3 is 2.27 bits per heavy atom. The molecule has 5 rings (SSSR count). The average Bonchev–Trinajstić information content (AvgIpc) is 3.55. The summed E-state index contributed by atoms with van der Waals surface area (Å²) in [7, 11) is 0. The first-order valence-electron chi connectivity index (χ1n) is 11.0. The number of carbonyl (C=O) groups is 2. The first-order chi connectivity index (χ1) is 16.2. The lowest BCUT2D eigenvalue weighted by molar-refractivity contribution is 0.0699. The summed E-state index contributed by atoms with van der Waals surface area (Å²) >= 11 is 1.57. The van der Waals surface area contributed by atoms with Crippen LogP contribution in [0.15, 0.2) is 84.4 Å². The Kier molecular flexibility index (Phi) is 6.04. The fourth-order valence-corrected chi connectivity index (χ4v) is 4.82. The van der Waals surface area contributed by atoms with Gasteiger partial charge in [0, 0.05) is 30.9 Å². The molecule has 2 aromatic heterocycles. The minimum atomic E-state index is -0.0653. The minimum Gasteiger partial charge on any atom is -0.349 e. The predicted octanol–water partition coefficient (Wildman–Crippen LogP) is 4.64. The Morgan fingerprint density at radius 2 is 1.61 bits per heavy atom. The molecule has 1 fully saturated rings. The molecule has 1 saturated heterocycles. The highest BCUT2D eigenvalue weighted by Gasteiger charge is 2.28. The molecule has 0 unspecified atom stereocenters.